The Kier molecular flexibility index (Phi) is 4.82. The van der Waals surface area contributed by atoms with E-state index in [1.807, 2.05) is 18.2 Å². The molecule has 0 amide bonds. The summed E-state index contributed by atoms with van der Waals surface area (Å²) in [5.74, 6) is -0.0556. The molecule has 4 aromatic carbocycles. The van der Waals surface area contributed by atoms with E-state index in [1.54, 1.807) is 42.5 Å². The van der Waals surface area contributed by atoms with Crippen LogP contribution in [0, 0.1) is 0 Å². The van der Waals surface area contributed by atoms with Crippen LogP contribution in [-0.2, 0) is 10.1 Å². The Hall–Kier alpha value is -3.26. The van der Waals surface area contributed by atoms with Crippen molar-refractivity contribution in [2.45, 2.75) is 5.51 Å². The molecule has 0 bridgehead atoms. The van der Waals surface area contributed by atoms with Gasteiger partial charge in [-0.3, -0.25) is 0 Å². The highest BCUT2D eigenvalue weighted by Gasteiger charge is 2.49. The summed E-state index contributed by atoms with van der Waals surface area (Å²) in [5, 5.41) is 2.73. The van der Waals surface area contributed by atoms with Crippen molar-refractivity contribution in [3.8, 4) is 22.6 Å². The number of benzene rings is 4. The van der Waals surface area contributed by atoms with E-state index in [-0.39, 0.29) is 5.56 Å². The highest BCUT2D eigenvalue weighted by atomic mass is 32.2. The Morgan fingerprint density at radius 1 is 0.700 bits per heavy atom. The number of rotatable bonds is 4. The Morgan fingerprint density at radius 2 is 1.17 bits per heavy atom. The van der Waals surface area contributed by atoms with Crippen LogP contribution >= 0.6 is 0 Å². The maximum atomic E-state index is 13.0. The Balaban J connectivity index is 2.12. The predicted molar refractivity (Wildman–Crippen MR) is 109 cm³/mol. The largest absolute Gasteiger partial charge is 0.534 e. The van der Waals surface area contributed by atoms with Crippen LogP contribution in [0.2, 0.25) is 0 Å². The monoisotopic (exact) mass is 432 g/mol. The summed E-state index contributed by atoms with van der Waals surface area (Å²) in [6.07, 6.45) is 0. The number of halogens is 3. The van der Waals surface area contributed by atoms with E-state index in [1.165, 1.54) is 19.2 Å². The first-order chi connectivity index (χ1) is 14.2. The van der Waals surface area contributed by atoms with Gasteiger partial charge >= 0.3 is 15.6 Å². The van der Waals surface area contributed by atoms with E-state index < -0.39 is 21.4 Å². The summed E-state index contributed by atoms with van der Waals surface area (Å²) >= 11 is 0. The second-order valence-corrected chi connectivity index (χ2v) is 8.04. The van der Waals surface area contributed by atoms with Gasteiger partial charge in [0, 0.05) is 11.1 Å². The van der Waals surface area contributed by atoms with Crippen LogP contribution in [0.1, 0.15) is 0 Å². The van der Waals surface area contributed by atoms with Gasteiger partial charge in [-0.25, -0.2) is 0 Å². The zero-order valence-electron chi connectivity index (χ0n) is 15.6. The SMILES string of the molecule is COc1ccc2ccccc2c1-c1c(OS(=O)(=O)C(F)(F)F)ccc2ccccc12. The van der Waals surface area contributed by atoms with Crippen LogP contribution in [0.3, 0.4) is 0 Å². The van der Waals surface area contributed by atoms with Crippen molar-refractivity contribution in [2.24, 2.45) is 0 Å². The number of alkyl halides is 3. The van der Waals surface area contributed by atoms with Crippen molar-refractivity contribution >= 4 is 31.7 Å². The second kappa shape index (κ2) is 7.21. The summed E-state index contributed by atoms with van der Waals surface area (Å²) in [5.41, 5.74) is -4.91. The number of methoxy groups -OCH3 is 1. The summed E-state index contributed by atoms with van der Waals surface area (Å²) in [6.45, 7) is 0. The minimum absolute atomic E-state index is 0.203. The molecule has 0 unspecified atom stereocenters. The smallest absolute Gasteiger partial charge is 0.496 e. The Labute approximate surface area is 170 Å². The fourth-order valence-electron chi connectivity index (χ4n) is 3.42. The number of hydrogen-bond acceptors (Lipinski definition) is 4. The van der Waals surface area contributed by atoms with Gasteiger partial charge in [0.05, 0.1) is 7.11 Å². The van der Waals surface area contributed by atoms with Crippen molar-refractivity contribution < 1.29 is 30.5 Å². The molecule has 4 aromatic rings. The van der Waals surface area contributed by atoms with Gasteiger partial charge < -0.3 is 8.92 Å². The average Bonchev–Trinajstić information content (AvgIpc) is 2.72. The fourth-order valence-corrected chi connectivity index (χ4v) is 3.89. The number of ether oxygens (including phenoxy) is 1. The van der Waals surface area contributed by atoms with E-state index in [9.17, 15) is 21.6 Å². The molecule has 0 saturated carbocycles. The molecule has 0 aliphatic heterocycles. The maximum absolute atomic E-state index is 13.0. The molecule has 30 heavy (non-hydrogen) atoms. The molecule has 0 aliphatic carbocycles. The van der Waals surface area contributed by atoms with E-state index in [0.29, 0.717) is 27.5 Å². The van der Waals surface area contributed by atoms with Gasteiger partial charge in [0.25, 0.3) is 0 Å². The highest BCUT2D eigenvalue weighted by Crippen LogP contribution is 2.46. The lowest BCUT2D eigenvalue weighted by molar-refractivity contribution is -0.0499. The average molecular weight is 432 g/mol. The molecule has 0 fully saturated rings. The Morgan fingerprint density at radius 3 is 1.67 bits per heavy atom. The zero-order chi connectivity index (χ0) is 21.5. The van der Waals surface area contributed by atoms with E-state index in [0.717, 1.165) is 5.39 Å². The van der Waals surface area contributed by atoms with E-state index in [2.05, 4.69) is 4.18 Å². The van der Waals surface area contributed by atoms with Gasteiger partial charge in [0.2, 0.25) is 0 Å². The van der Waals surface area contributed by atoms with Crippen LogP contribution in [0.25, 0.3) is 32.7 Å². The topological polar surface area (TPSA) is 52.6 Å². The molecule has 0 aromatic heterocycles. The summed E-state index contributed by atoms with van der Waals surface area (Å²) in [4.78, 5) is 0. The molecule has 0 radical (unpaired) electrons. The van der Waals surface area contributed by atoms with Gasteiger partial charge in [0.1, 0.15) is 5.75 Å². The van der Waals surface area contributed by atoms with Crippen molar-refractivity contribution in [3.05, 3.63) is 72.8 Å². The third-order valence-corrected chi connectivity index (χ3v) is 5.70. The molecule has 4 nitrogen and oxygen atoms in total. The van der Waals surface area contributed by atoms with Crippen molar-refractivity contribution in [1.82, 2.24) is 0 Å². The minimum atomic E-state index is -5.86. The third-order valence-electron chi connectivity index (χ3n) is 4.73. The quantitative estimate of drug-likeness (QED) is 0.298. The van der Waals surface area contributed by atoms with Gasteiger partial charge in [-0.2, -0.15) is 21.6 Å². The van der Waals surface area contributed by atoms with E-state index in [4.69, 9.17) is 4.74 Å². The normalized spacial score (nSPS) is 12.3. The maximum Gasteiger partial charge on any atom is 0.534 e. The van der Waals surface area contributed by atoms with Crippen LogP contribution in [0.15, 0.2) is 72.8 Å². The molecule has 8 heteroatoms. The van der Waals surface area contributed by atoms with Crippen molar-refractivity contribution in [1.29, 1.82) is 0 Å². The standard InChI is InChI=1S/C22H15F3O4S/c1-28-18-12-10-14-6-2-4-8-16(14)20(18)21-17-9-5-3-7-15(17)11-13-19(21)29-30(26,27)22(23,24)25/h2-13H,1H3. The molecule has 0 aliphatic rings. The molecular formula is C22H15F3O4S. The van der Waals surface area contributed by atoms with Crippen molar-refractivity contribution in [3.63, 3.8) is 0 Å². The zero-order valence-corrected chi connectivity index (χ0v) is 16.4. The van der Waals surface area contributed by atoms with Gasteiger partial charge in [0.15, 0.2) is 5.75 Å². The molecule has 0 heterocycles. The van der Waals surface area contributed by atoms with Crippen LogP contribution in [-0.4, -0.2) is 21.0 Å². The molecule has 154 valence electrons. The lowest BCUT2D eigenvalue weighted by atomic mass is 9.92. The summed E-state index contributed by atoms with van der Waals surface area (Å²) in [6, 6.07) is 20.4. The molecule has 0 atom stereocenters. The number of fused-ring (bicyclic) bond motifs is 2. The first-order valence-corrected chi connectivity index (χ1v) is 10.2. The first-order valence-electron chi connectivity index (χ1n) is 8.81. The molecule has 0 spiro atoms. The van der Waals surface area contributed by atoms with Crippen molar-refractivity contribution in [2.75, 3.05) is 7.11 Å². The van der Waals surface area contributed by atoms with Crippen LogP contribution in [0.5, 0.6) is 11.5 Å². The minimum Gasteiger partial charge on any atom is -0.496 e. The highest BCUT2D eigenvalue weighted by molar-refractivity contribution is 7.88. The molecule has 0 saturated heterocycles. The van der Waals surface area contributed by atoms with Gasteiger partial charge in [-0.1, -0.05) is 60.7 Å². The Bertz CT molecular complexity index is 1360. The lowest BCUT2D eigenvalue weighted by Crippen LogP contribution is -2.28. The van der Waals surface area contributed by atoms with Gasteiger partial charge in [-0.05, 0) is 33.7 Å². The lowest BCUT2D eigenvalue weighted by Gasteiger charge is -2.19. The molecule has 4 rings (SSSR count). The predicted octanol–water partition coefficient (Wildman–Crippen LogP) is 5.90. The molecular weight excluding hydrogens is 417 g/mol. The van der Waals surface area contributed by atoms with Gasteiger partial charge in [-0.15, -0.1) is 0 Å². The third kappa shape index (κ3) is 3.33. The molecule has 0 N–H and O–H groups in total. The van der Waals surface area contributed by atoms with E-state index >= 15 is 0 Å². The van der Waals surface area contributed by atoms with Crippen LogP contribution < -0.4 is 8.92 Å². The summed E-state index contributed by atoms with van der Waals surface area (Å²) < 4.78 is 72.7. The van der Waals surface area contributed by atoms with Crippen LogP contribution in [0.4, 0.5) is 13.2 Å². The first kappa shape index (κ1) is 20.0. The summed E-state index contributed by atoms with van der Waals surface area (Å²) in [7, 11) is -4.43. The number of hydrogen-bond donors (Lipinski definition) is 0. The second-order valence-electron chi connectivity index (χ2n) is 6.51. The fraction of sp³-hybridized carbons (Fsp3) is 0.0909.